The molecule has 0 unspecified atom stereocenters. The number of carbonyl (C=O) groups is 1. The number of amides is 1. The second kappa shape index (κ2) is 10.1. The van der Waals surface area contributed by atoms with Gasteiger partial charge in [0.2, 0.25) is 5.91 Å². The Hall–Kier alpha value is -2.81. The van der Waals surface area contributed by atoms with Crippen LogP contribution in [0.5, 0.6) is 5.75 Å². The van der Waals surface area contributed by atoms with Crippen LogP contribution in [0.15, 0.2) is 71.8 Å². The molecule has 0 saturated carbocycles. The second-order valence-corrected chi connectivity index (χ2v) is 7.36. The number of rotatable bonds is 7. The van der Waals surface area contributed by atoms with Crippen LogP contribution in [0, 0.1) is 15.2 Å². The lowest BCUT2D eigenvalue weighted by atomic mass is 10.1. The van der Waals surface area contributed by atoms with Gasteiger partial charge in [0.15, 0.2) is 0 Å². The van der Waals surface area contributed by atoms with E-state index in [9.17, 15) is 13.6 Å². The number of hydrogen-bond acceptors (Lipinski definition) is 3. The summed E-state index contributed by atoms with van der Waals surface area (Å²) in [6.07, 6.45) is 1.65. The van der Waals surface area contributed by atoms with Crippen molar-refractivity contribution < 1.29 is 18.3 Å². The summed E-state index contributed by atoms with van der Waals surface area (Å²) in [7, 11) is 0. The molecule has 7 heteroatoms. The van der Waals surface area contributed by atoms with Gasteiger partial charge in [-0.1, -0.05) is 24.3 Å². The number of carbonyl (C=O) groups excluding carboxylic acids is 1. The van der Waals surface area contributed by atoms with Crippen LogP contribution < -0.4 is 10.2 Å². The van der Waals surface area contributed by atoms with Crippen molar-refractivity contribution in [2.45, 2.75) is 13.0 Å². The monoisotopic (exact) mass is 506 g/mol. The molecule has 0 radical (unpaired) electrons. The zero-order chi connectivity index (χ0) is 20.6. The minimum absolute atomic E-state index is 0.116. The molecule has 148 valence electrons. The fourth-order valence-corrected chi connectivity index (χ4v) is 3.16. The molecule has 3 aromatic rings. The highest BCUT2D eigenvalue weighted by Crippen LogP contribution is 2.22. The standard InChI is InChI=1S/C22H17F2IN2O2/c23-18-6-1-15(2-7-18)12-22(28)27-26-13-17-5-10-21(20(25)11-17)29-14-16-3-8-19(24)9-4-16/h1-11,13H,12,14H2,(H,27,28)/b26-13+. The Morgan fingerprint density at radius 3 is 2.21 bits per heavy atom. The van der Waals surface area contributed by atoms with Gasteiger partial charge in [-0.15, -0.1) is 0 Å². The molecule has 3 aromatic carbocycles. The number of halogens is 3. The van der Waals surface area contributed by atoms with Crippen LogP contribution in [0.4, 0.5) is 8.78 Å². The average molecular weight is 506 g/mol. The molecule has 0 spiro atoms. The quantitative estimate of drug-likeness (QED) is 0.283. The van der Waals surface area contributed by atoms with Crippen molar-refractivity contribution in [2.24, 2.45) is 5.10 Å². The van der Waals surface area contributed by atoms with Gasteiger partial charge in [0.1, 0.15) is 24.0 Å². The van der Waals surface area contributed by atoms with E-state index < -0.39 is 0 Å². The number of hydrogen-bond donors (Lipinski definition) is 1. The summed E-state index contributed by atoms with van der Waals surface area (Å²) in [5.74, 6) is -0.210. The van der Waals surface area contributed by atoms with Crippen molar-refractivity contribution in [1.82, 2.24) is 5.43 Å². The summed E-state index contributed by atoms with van der Waals surface area (Å²) in [6.45, 7) is 0.336. The highest BCUT2D eigenvalue weighted by Gasteiger charge is 2.04. The molecule has 0 aliphatic rings. The van der Waals surface area contributed by atoms with Crippen LogP contribution in [-0.4, -0.2) is 12.1 Å². The Bertz CT molecular complexity index is 1010. The van der Waals surface area contributed by atoms with Gasteiger partial charge in [-0.3, -0.25) is 4.79 Å². The Morgan fingerprint density at radius 1 is 0.966 bits per heavy atom. The predicted octanol–water partition coefficient (Wildman–Crippen LogP) is 4.84. The van der Waals surface area contributed by atoms with E-state index in [0.29, 0.717) is 17.9 Å². The lowest BCUT2D eigenvalue weighted by Gasteiger charge is -2.09. The van der Waals surface area contributed by atoms with E-state index in [4.69, 9.17) is 4.74 Å². The summed E-state index contributed by atoms with van der Waals surface area (Å²) in [5.41, 5.74) is 4.83. The molecule has 0 bridgehead atoms. The molecule has 1 amide bonds. The Labute approximate surface area is 180 Å². The van der Waals surface area contributed by atoms with Crippen LogP contribution in [0.2, 0.25) is 0 Å². The highest BCUT2D eigenvalue weighted by molar-refractivity contribution is 14.1. The Kier molecular flexibility index (Phi) is 7.29. The first kappa shape index (κ1) is 20.9. The number of nitrogens with zero attached hydrogens (tertiary/aromatic N) is 1. The third-order valence-corrected chi connectivity index (χ3v) is 4.79. The molecule has 4 nitrogen and oxygen atoms in total. The largest absolute Gasteiger partial charge is 0.488 e. The van der Waals surface area contributed by atoms with Crippen LogP contribution in [0.3, 0.4) is 0 Å². The van der Waals surface area contributed by atoms with Gasteiger partial charge in [-0.05, 0) is 81.7 Å². The highest BCUT2D eigenvalue weighted by atomic mass is 127. The second-order valence-electron chi connectivity index (χ2n) is 6.20. The van der Waals surface area contributed by atoms with E-state index in [0.717, 1.165) is 14.7 Å². The van der Waals surface area contributed by atoms with Crippen LogP contribution >= 0.6 is 22.6 Å². The molecule has 3 rings (SSSR count). The van der Waals surface area contributed by atoms with Crippen LogP contribution in [0.25, 0.3) is 0 Å². The van der Waals surface area contributed by atoms with E-state index in [1.165, 1.54) is 30.5 Å². The van der Waals surface area contributed by atoms with Gasteiger partial charge in [-0.2, -0.15) is 5.10 Å². The first-order valence-corrected chi connectivity index (χ1v) is 9.80. The lowest BCUT2D eigenvalue weighted by Crippen LogP contribution is -2.19. The summed E-state index contributed by atoms with van der Waals surface area (Å²) in [6, 6.07) is 17.4. The SMILES string of the molecule is O=C(Cc1ccc(F)cc1)N/N=C/c1ccc(OCc2ccc(F)cc2)c(I)c1. The minimum atomic E-state index is -0.341. The normalized spacial score (nSPS) is 10.9. The number of ether oxygens (including phenoxy) is 1. The topological polar surface area (TPSA) is 50.7 Å². The van der Waals surface area contributed by atoms with Crippen LogP contribution in [0.1, 0.15) is 16.7 Å². The molecule has 0 fully saturated rings. The zero-order valence-corrected chi connectivity index (χ0v) is 17.4. The maximum atomic E-state index is 12.9. The van der Waals surface area contributed by atoms with Crippen LogP contribution in [-0.2, 0) is 17.8 Å². The van der Waals surface area contributed by atoms with E-state index >= 15 is 0 Å². The van der Waals surface area contributed by atoms with Crippen molar-refractivity contribution in [3.63, 3.8) is 0 Å². The van der Waals surface area contributed by atoms with Gasteiger partial charge in [0, 0.05) is 0 Å². The minimum Gasteiger partial charge on any atom is -0.488 e. The maximum Gasteiger partial charge on any atom is 0.244 e. The third kappa shape index (κ3) is 6.63. The fraction of sp³-hybridized carbons (Fsp3) is 0.0909. The van der Waals surface area contributed by atoms with E-state index in [-0.39, 0.29) is 24.0 Å². The number of nitrogens with one attached hydrogen (secondary N) is 1. The molecule has 0 atom stereocenters. The van der Waals surface area contributed by atoms with Gasteiger partial charge in [0.05, 0.1) is 16.2 Å². The zero-order valence-electron chi connectivity index (χ0n) is 15.2. The molecule has 29 heavy (non-hydrogen) atoms. The lowest BCUT2D eigenvalue weighted by molar-refractivity contribution is -0.120. The molecular weight excluding hydrogens is 489 g/mol. The molecule has 0 aliphatic carbocycles. The fourth-order valence-electron chi connectivity index (χ4n) is 2.46. The van der Waals surface area contributed by atoms with Crippen molar-refractivity contribution in [2.75, 3.05) is 0 Å². The molecule has 0 saturated heterocycles. The maximum absolute atomic E-state index is 12.9. The first-order valence-electron chi connectivity index (χ1n) is 8.73. The molecule has 0 aliphatic heterocycles. The van der Waals surface area contributed by atoms with Gasteiger partial charge < -0.3 is 4.74 Å². The summed E-state index contributed by atoms with van der Waals surface area (Å²) in [5, 5.41) is 3.95. The first-order chi connectivity index (χ1) is 14.0. The Morgan fingerprint density at radius 2 is 1.59 bits per heavy atom. The van der Waals surface area contributed by atoms with Crippen molar-refractivity contribution >= 4 is 34.7 Å². The van der Waals surface area contributed by atoms with Gasteiger partial charge in [0.25, 0.3) is 0 Å². The molecular formula is C22H17F2IN2O2. The van der Waals surface area contributed by atoms with E-state index in [1.54, 1.807) is 24.3 Å². The summed E-state index contributed by atoms with van der Waals surface area (Å²) >= 11 is 2.15. The molecule has 0 aromatic heterocycles. The number of benzene rings is 3. The molecule has 1 N–H and O–H groups in total. The number of hydrazone groups is 1. The van der Waals surface area contributed by atoms with Crippen molar-refractivity contribution in [1.29, 1.82) is 0 Å². The Balaban J connectivity index is 1.51. The van der Waals surface area contributed by atoms with Crippen molar-refractivity contribution in [3.05, 3.63) is 98.6 Å². The van der Waals surface area contributed by atoms with Crippen molar-refractivity contribution in [3.8, 4) is 5.75 Å². The van der Waals surface area contributed by atoms with Gasteiger partial charge in [-0.25, -0.2) is 14.2 Å². The third-order valence-electron chi connectivity index (χ3n) is 3.94. The van der Waals surface area contributed by atoms with E-state index in [1.807, 2.05) is 18.2 Å². The average Bonchev–Trinajstić information content (AvgIpc) is 2.70. The summed E-state index contributed by atoms with van der Waals surface area (Å²) < 4.78 is 32.5. The van der Waals surface area contributed by atoms with E-state index in [2.05, 4.69) is 33.1 Å². The predicted molar refractivity (Wildman–Crippen MR) is 116 cm³/mol. The summed E-state index contributed by atoms with van der Waals surface area (Å²) in [4.78, 5) is 11.9. The molecule has 0 heterocycles. The smallest absolute Gasteiger partial charge is 0.244 e. The van der Waals surface area contributed by atoms with Gasteiger partial charge >= 0.3 is 0 Å².